The smallest absolute Gasteiger partial charge is 0.0919 e. The fraction of sp³-hybridized carbons (Fsp3) is 0.636. The van der Waals surface area contributed by atoms with E-state index in [9.17, 15) is 5.11 Å². The van der Waals surface area contributed by atoms with E-state index in [-0.39, 0.29) is 6.04 Å². The molecule has 1 saturated carbocycles. The average Bonchev–Trinajstić information content (AvgIpc) is 2.52. The molecule has 1 aliphatic carbocycles. The van der Waals surface area contributed by atoms with Gasteiger partial charge in [0, 0.05) is 10.9 Å². The third-order valence-electron chi connectivity index (χ3n) is 3.03. The molecule has 1 aromatic rings. The van der Waals surface area contributed by atoms with Crippen molar-refractivity contribution >= 4 is 11.3 Å². The summed E-state index contributed by atoms with van der Waals surface area (Å²) in [5, 5.41) is 12.5. The van der Waals surface area contributed by atoms with Crippen LogP contribution in [0.5, 0.6) is 0 Å². The molecule has 0 saturated heterocycles. The van der Waals surface area contributed by atoms with Crippen molar-refractivity contribution in [1.29, 1.82) is 0 Å². The lowest BCUT2D eigenvalue weighted by Crippen LogP contribution is -2.38. The minimum Gasteiger partial charge on any atom is -0.385 e. The van der Waals surface area contributed by atoms with E-state index in [1.54, 1.807) is 11.3 Å². The van der Waals surface area contributed by atoms with Crippen molar-refractivity contribution in [2.24, 2.45) is 5.73 Å². The Kier molecular flexibility index (Phi) is 2.64. The summed E-state index contributed by atoms with van der Waals surface area (Å²) in [7, 11) is 0. The van der Waals surface area contributed by atoms with Gasteiger partial charge < -0.3 is 10.8 Å². The second-order valence-corrected chi connectivity index (χ2v) is 5.45. The van der Waals surface area contributed by atoms with Crippen LogP contribution >= 0.6 is 11.3 Å². The minimum absolute atomic E-state index is 0.161. The second-order valence-electron chi connectivity index (χ2n) is 4.33. The maximum Gasteiger partial charge on any atom is 0.0919 e. The third-order valence-corrected chi connectivity index (χ3v) is 3.89. The Morgan fingerprint density at radius 3 is 3.00 bits per heavy atom. The van der Waals surface area contributed by atoms with Crippen molar-refractivity contribution in [1.82, 2.24) is 0 Å². The maximum atomic E-state index is 10.5. The lowest BCUT2D eigenvalue weighted by Gasteiger charge is -2.35. The summed E-state index contributed by atoms with van der Waals surface area (Å²) >= 11 is 1.70. The van der Waals surface area contributed by atoms with Crippen LogP contribution in [0.25, 0.3) is 0 Å². The van der Waals surface area contributed by atoms with E-state index in [1.807, 2.05) is 0 Å². The summed E-state index contributed by atoms with van der Waals surface area (Å²) in [6.45, 7) is 2.07. The molecule has 1 aromatic heterocycles. The van der Waals surface area contributed by atoms with Crippen LogP contribution in [-0.4, -0.2) is 11.1 Å². The molecule has 3 N–H and O–H groups in total. The monoisotopic (exact) mass is 211 g/mol. The van der Waals surface area contributed by atoms with Crippen LogP contribution in [0.2, 0.25) is 0 Å². The highest BCUT2D eigenvalue weighted by atomic mass is 32.1. The molecule has 0 amide bonds. The van der Waals surface area contributed by atoms with E-state index in [0.29, 0.717) is 6.42 Å². The van der Waals surface area contributed by atoms with Crippen molar-refractivity contribution in [3.63, 3.8) is 0 Å². The van der Waals surface area contributed by atoms with Gasteiger partial charge in [-0.2, -0.15) is 0 Å². The van der Waals surface area contributed by atoms with E-state index in [4.69, 9.17) is 5.73 Å². The first-order chi connectivity index (χ1) is 6.60. The van der Waals surface area contributed by atoms with Gasteiger partial charge in [-0.1, -0.05) is 0 Å². The first-order valence-corrected chi connectivity index (χ1v) is 6.02. The van der Waals surface area contributed by atoms with Gasteiger partial charge in [-0.3, -0.25) is 0 Å². The molecule has 1 aliphatic rings. The Morgan fingerprint density at radius 2 is 2.43 bits per heavy atom. The molecule has 3 heteroatoms. The Bertz CT molecular complexity index is 323. The van der Waals surface area contributed by atoms with Crippen molar-refractivity contribution in [3.05, 3.63) is 21.9 Å². The molecule has 2 atom stereocenters. The number of nitrogens with two attached hydrogens (primary N) is 1. The molecule has 14 heavy (non-hydrogen) atoms. The summed E-state index contributed by atoms with van der Waals surface area (Å²) in [6, 6.07) is 2.25. The number of aliphatic hydroxyl groups is 1. The standard InChI is InChI=1S/C11H17NOS/c1-8-5-9(7-14-8)11(13)4-2-3-10(12)6-11/h5,7,10,13H,2-4,6,12H2,1H3. The fourth-order valence-corrected chi connectivity index (χ4v) is 3.04. The highest BCUT2D eigenvalue weighted by Gasteiger charge is 2.34. The predicted molar refractivity (Wildman–Crippen MR) is 59.4 cm³/mol. The Balaban J connectivity index is 2.22. The predicted octanol–water partition coefficient (Wildman–Crippen LogP) is 2.15. The highest BCUT2D eigenvalue weighted by Crippen LogP contribution is 2.38. The lowest BCUT2D eigenvalue weighted by molar-refractivity contribution is -0.00681. The zero-order valence-corrected chi connectivity index (χ0v) is 9.31. The highest BCUT2D eigenvalue weighted by molar-refractivity contribution is 7.10. The zero-order valence-electron chi connectivity index (χ0n) is 8.49. The number of aryl methyl sites for hydroxylation is 1. The van der Waals surface area contributed by atoms with E-state index < -0.39 is 5.60 Å². The van der Waals surface area contributed by atoms with Crippen LogP contribution in [0.4, 0.5) is 0 Å². The topological polar surface area (TPSA) is 46.2 Å². The minimum atomic E-state index is -0.650. The van der Waals surface area contributed by atoms with Crippen molar-refractivity contribution in [3.8, 4) is 0 Å². The molecule has 2 nitrogen and oxygen atoms in total. The number of thiophene rings is 1. The Labute approximate surface area is 88.8 Å². The van der Waals surface area contributed by atoms with Gasteiger partial charge in [-0.05, 0) is 49.6 Å². The number of rotatable bonds is 1. The first-order valence-electron chi connectivity index (χ1n) is 5.14. The largest absolute Gasteiger partial charge is 0.385 e. The summed E-state index contributed by atoms with van der Waals surface area (Å²) in [6.07, 6.45) is 3.65. The molecule has 1 fully saturated rings. The van der Waals surface area contributed by atoms with E-state index >= 15 is 0 Å². The Hall–Kier alpha value is -0.380. The summed E-state index contributed by atoms with van der Waals surface area (Å²) < 4.78 is 0. The van der Waals surface area contributed by atoms with Crippen LogP contribution in [0.1, 0.15) is 36.1 Å². The van der Waals surface area contributed by atoms with Crippen LogP contribution < -0.4 is 5.73 Å². The lowest BCUT2D eigenvalue weighted by atomic mass is 9.78. The van der Waals surface area contributed by atoms with Gasteiger partial charge in [-0.25, -0.2) is 0 Å². The second kappa shape index (κ2) is 3.65. The molecular weight excluding hydrogens is 194 g/mol. The van der Waals surface area contributed by atoms with Gasteiger partial charge >= 0.3 is 0 Å². The van der Waals surface area contributed by atoms with Crippen LogP contribution in [0.15, 0.2) is 11.4 Å². The molecular formula is C11H17NOS. The maximum absolute atomic E-state index is 10.5. The van der Waals surface area contributed by atoms with Gasteiger partial charge in [-0.15, -0.1) is 11.3 Å². The number of hydrogen-bond acceptors (Lipinski definition) is 3. The van der Waals surface area contributed by atoms with Gasteiger partial charge in [0.25, 0.3) is 0 Å². The number of hydrogen-bond donors (Lipinski definition) is 2. The average molecular weight is 211 g/mol. The molecule has 78 valence electrons. The molecule has 0 aromatic carbocycles. The molecule has 2 unspecified atom stereocenters. The summed E-state index contributed by atoms with van der Waals surface area (Å²) in [5.74, 6) is 0. The Morgan fingerprint density at radius 1 is 1.64 bits per heavy atom. The molecule has 0 aliphatic heterocycles. The SMILES string of the molecule is Cc1cc(C2(O)CCCC(N)C2)cs1. The van der Waals surface area contributed by atoms with Crippen LogP contribution in [-0.2, 0) is 5.60 Å². The van der Waals surface area contributed by atoms with Crippen molar-refractivity contribution in [2.75, 3.05) is 0 Å². The van der Waals surface area contributed by atoms with Gasteiger partial charge in [0.1, 0.15) is 0 Å². The fourth-order valence-electron chi connectivity index (χ4n) is 2.24. The molecule has 2 rings (SSSR count). The summed E-state index contributed by atoms with van der Waals surface area (Å²) in [5.41, 5.74) is 6.31. The van der Waals surface area contributed by atoms with Gasteiger partial charge in [0.05, 0.1) is 5.60 Å². The van der Waals surface area contributed by atoms with Crippen LogP contribution in [0.3, 0.4) is 0 Å². The van der Waals surface area contributed by atoms with E-state index in [0.717, 1.165) is 24.8 Å². The van der Waals surface area contributed by atoms with Crippen LogP contribution in [0, 0.1) is 6.92 Å². The zero-order chi connectivity index (χ0) is 10.2. The molecule has 1 heterocycles. The van der Waals surface area contributed by atoms with Gasteiger partial charge in [0.2, 0.25) is 0 Å². The normalized spacial score (nSPS) is 33.2. The van der Waals surface area contributed by atoms with Gasteiger partial charge in [0.15, 0.2) is 0 Å². The molecule has 0 spiro atoms. The van der Waals surface area contributed by atoms with E-state index in [2.05, 4.69) is 18.4 Å². The van der Waals surface area contributed by atoms with Crippen molar-refractivity contribution < 1.29 is 5.11 Å². The molecule has 0 bridgehead atoms. The first kappa shape index (κ1) is 10.1. The summed E-state index contributed by atoms with van der Waals surface area (Å²) in [4.78, 5) is 1.26. The third kappa shape index (κ3) is 1.85. The quantitative estimate of drug-likeness (QED) is 0.747. The van der Waals surface area contributed by atoms with E-state index in [1.165, 1.54) is 4.88 Å². The molecule has 0 radical (unpaired) electrons. The van der Waals surface area contributed by atoms with Crippen molar-refractivity contribution in [2.45, 2.75) is 44.2 Å².